The molecule has 1 aromatic rings. The number of aryl methyl sites for hydroxylation is 2. The third-order valence-corrected chi connectivity index (χ3v) is 4.80. The van der Waals surface area contributed by atoms with E-state index in [9.17, 15) is 9.59 Å². The van der Waals surface area contributed by atoms with Gasteiger partial charge in [-0.15, -0.1) is 11.3 Å². The first kappa shape index (κ1) is 16.0. The van der Waals surface area contributed by atoms with Gasteiger partial charge in [-0.1, -0.05) is 6.92 Å². The minimum Gasteiger partial charge on any atom is -0.480 e. The number of thioether (sulfide) groups is 1. The van der Waals surface area contributed by atoms with Gasteiger partial charge in [-0.3, -0.25) is 4.79 Å². The van der Waals surface area contributed by atoms with Gasteiger partial charge in [0.15, 0.2) is 0 Å². The predicted octanol–water partition coefficient (Wildman–Crippen LogP) is 2.56. The molecule has 1 unspecified atom stereocenters. The first-order chi connectivity index (χ1) is 8.99. The van der Waals surface area contributed by atoms with Gasteiger partial charge in [-0.05, 0) is 43.4 Å². The fourth-order valence-electron chi connectivity index (χ4n) is 1.71. The van der Waals surface area contributed by atoms with Gasteiger partial charge in [0.05, 0.1) is 4.88 Å². The Morgan fingerprint density at radius 2 is 2.21 bits per heavy atom. The van der Waals surface area contributed by atoms with Gasteiger partial charge in [0, 0.05) is 4.88 Å². The number of carbonyl (C=O) groups is 2. The molecular formula is C13H19NO3S2. The number of carboxylic acids is 1. The van der Waals surface area contributed by atoms with Gasteiger partial charge in [0.25, 0.3) is 5.91 Å². The normalized spacial score (nSPS) is 12.2. The maximum atomic E-state index is 12.0. The molecule has 2 N–H and O–H groups in total. The number of rotatable bonds is 7. The highest BCUT2D eigenvalue weighted by Gasteiger charge is 2.21. The average molecular weight is 301 g/mol. The Morgan fingerprint density at radius 1 is 1.53 bits per heavy atom. The molecule has 0 aliphatic carbocycles. The smallest absolute Gasteiger partial charge is 0.326 e. The fourth-order valence-corrected chi connectivity index (χ4v) is 3.19. The molecule has 0 radical (unpaired) electrons. The fraction of sp³-hybridized carbons (Fsp3) is 0.538. The Hall–Kier alpha value is -1.01. The molecule has 0 bridgehead atoms. The van der Waals surface area contributed by atoms with E-state index in [2.05, 4.69) is 5.32 Å². The van der Waals surface area contributed by atoms with E-state index in [4.69, 9.17) is 5.11 Å². The van der Waals surface area contributed by atoms with Crippen LogP contribution in [0.5, 0.6) is 0 Å². The van der Waals surface area contributed by atoms with Crippen LogP contribution in [0, 0.1) is 6.92 Å². The highest BCUT2D eigenvalue weighted by Crippen LogP contribution is 2.22. The molecular weight excluding hydrogens is 282 g/mol. The van der Waals surface area contributed by atoms with E-state index in [1.807, 2.05) is 26.2 Å². The van der Waals surface area contributed by atoms with Crippen LogP contribution in [0.25, 0.3) is 0 Å². The number of carbonyl (C=O) groups excluding carboxylic acids is 1. The van der Waals surface area contributed by atoms with Crippen molar-refractivity contribution in [2.45, 2.75) is 32.7 Å². The lowest BCUT2D eigenvalue weighted by atomic mass is 10.2. The number of hydrogen-bond acceptors (Lipinski definition) is 4. The molecule has 1 heterocycles. The predicted molar refractivity (Wildman–Crippen MR) is 80.3 cm³/mol. The molecule has 0 fully saturated rings. The van der Waals surface area contributed by atoms with Crippen molar-refractivity contribution < 1.29 is 14.7 Å². The summed E-state index contributed by atoms with van der Waals surface area (Å²) < 4.78 is 0. The zero-order valence-electron chi connectivity index (χ0n) is 11.4. The lowest BCUT2D eigenvalue weighted by molar-refractivity contribution is -0.139. The summed E-state index contributed by atoms with van der Waals surface area (Å²) in [6.45, 7) is 4.01. The van der Waals surface area contributed by atoms with Crippen LogP contribution in [0.3, 0.4) is 0 Å². The van der Waals surface area contributed by atoms with Crippen molar-refractivity contribution in [3.8, 4) is 0 Å². The van der Waals surface area contributed by atoms with Gasteiger partial charge in [0.1, 0.15) is 6.04 Å². The molecule has 0 aromatic carbocycles. The largest absolute Gasteiger partial charge is 0.480 e. The van der Waals surface area contributed by atoms with Crippen molar-refractivity contribution in [3.63, 3.8) is 0 Å². The van der Waals surface area contributed by atoms with Crippen molar-refractivity contribution in [1.82, 2.24) is 5.32 Å². The molecule has 0 aliphatic rings. The zero-order valence-corrected chi connectivity index (χ0v) is 13.0. The van der Waals surface area contributed by atoms with Crippen LogP contribution in [-0.4, -0.2) is 35.0 Å². The molecule has 0 spiro atoms. The van der Waals surface area contributed by atoms with Crippen LogP contribution in [0.15, 0.2) is 6.07 Å². The highest BCUT2D eigenvalue weighted by atomic mass is 32.2. The molecule has 106 valence electrons. The lowest BCUT2D eigenvalue weighted by Crippen LogP contribution is -2.40. The highest BCUT2D eigenvalue weighted by molar-refractivity contribution is 7.98. The van der Waals surface area contributed by atoms with Crippen molar-refractivity contribution in [2.75, 3.05) is 12.0 Å². The molecule has 0 saturated carbocycles. The van der Waals surface area contributed by atoms with Gasteiger partial charge in [0.2, 0.25) is 0 Å². The summed E-state index contributed by atoms with van der Waals surface area (Å²) in [7, 11) is 0. The van der Waals surface area contributed by atoms with E-state index < -0.39 is 12.0 Å². The van der Waals surface area contributed by atoms with E-state index in [1.54, 1.807) is 11.8 Å². The van der Waals surface area contributed by atoms with Gasteiger partial charge >= 0.3 is 5.97 Å². The molecule has 19 heavy (non-hydrogen) atoms. The van der Waals surface area contributed by atoms with Crippen molar-refractivity contribution in [2.24, 2.45) is 0 Å². The van der Waals surface area contributed by atoms with Crippen molar-refractivity contribution in [1.29, 1.82) is 0 Å². The topological polar surface area (TPSA) is 66.4 Å². The first-order valence-electron chi connectivity index (χ1n) is 6.11. The standard InChI is InChI=1S/C13H19NO3S2/c1-4-10-8(2)7-11(19-10)12(15)14-9(13(16)17)5-6-18-3/h7,9H,4-6H2,1-3H3,(H,14,15)(H,16,17). The second kappa shape index (κ2) is 7.55. The van der Waals surface area contributed by atoms with Gasteiger partial charge in [-0.2, -0.15) is 11.8 Å². The van der Waals surface area contributed by atoms with Gasteiger partial charge in [-0.25, -0.2) is 4.79 Å². The minimum absolute atomic E-state index is 0.290. The van der Waals surface area contributed by atoms with Crippen LogP contribution in [0.4, 0.5) is 0 Å². The summed E-state index contributed by atoms with van der Waals surface area (Å²) in [5.41, 5.74) is 1.09. The number of aliphatic carboxylic acids is 1. The Labute approximate surface area is 121 Å². The molecule has 1 aromatic heterocycles. The second-order valence-corrected chi connectivity index (χ2v) is 6.34. The molecule has 1 amide bonds. The SMILES string of the molecule is CCc1sc(C(=O)NC(CCSC)C(=O)O)cc1C. The third-order valence-electron chi connectivity index (χ3n) is 2.78. The summed E-state index contributed by atoms with van der Waals surface area (Å²) in [6, 6.07) is 1.01. The van der Waals surface area contributed by atoms with E-state index in [1.165, 1.54) is 16.2 Å². The van der Waals surface area contributed by atoms with Crippen LogP contribution in [0.1, 0.15) is 33.5 Å². The van der Waals surface area contributed by atoms with E-state index in [0.717, 1.165) is 12.0 Å². The van der Waals surface area contributed by atoms with E-state index in [-0.39, 0.29) is 5.91 Å². The Morgan fingerprint density at radius 3 is 2.68 bits per heavy atom. The van der Waals surface area contributed by atoms with Crippen molar-refractivity contribution >= 4 is 35.0 Å². The summed E-state index contributed by atoms with van der Waals surface area (Å²) in [5, 5.41) is 11.7. The zero-order chi connectivity index (χ0) is 14.4. The van der Waals surface area contributed by atoms with Crippen LogP contribution < -0.4 is 5.32 Å². The maximum Gasteiger partial charge on any atom is 0.326 e. The molecule has 1 rings (SSSR count). The monoisotopic (exact) mass is 301 g/mol. The van der Waals surface area contributed by atoms with Crippen LogP contribution in [0.2, 0.25) is 0 Å². The van der Waals surface area contributed by atoms with Crippen LogP contribution >= 0.6 is 23.1 Å². The number of amides is 1. The minimum atomic E-state index is -0.980. The average Bonchev–Trinajstić information content (AvgIpc) is 2.75. The molecule has 0 aliphatic heterocycles. The third kappa shape index (κ3) is 4.54. The summed E-state index contributed by atoms with van der Waals surface area (Å²) in [5.74, 6) is -0.561. The lowest BCUT2D eigenvalue weighted by Gasteiger charge is -2.12. The maximum absolute atomic E-state index is 12.0. The van der Waals surface area contributed by atoms with Crippen LogP contribution in [-0.2, 0) is 11.2 Å². The second-order valence-electron chi connectivity index (χ2n) is 4.22. The summed E-state index contributed by atoms with van der Waals surface area (Å²) >= 11 is 3.00. The molecule has 1 atom stereocenters. The Balaban J connectivity index is 2.72. The first-order valence-corrected chi connectivity index (χ1v) is 8.32. The Kier molecular flexibility index (Phi) is 6.37. The quantitative estimate of drug-likeness (QED) is 0.812. The number of hydrogen-bond donors (Lipinski definition) is 2. The van der Waals surface area contributed by atoms with Gasteiger partial charge < -0.3 is 10.4 Å². The van der Waals surface area contributed by atoms with E-state index >= 15 is 0 Å². The number of nitrogens with one attached hydrogen (secondary N) is 1. The Bertz CT molecular complexity index is 457. The molecule has 0 saturated heterocycles. The van der Waals surface area contributed by atoms with E-state index in [0.29, 0.717) is 17.1 Å². The van der Waals surface area contributed by atoms with Crippen molar-refractivity contribution in [3.05, 3.63) is 21.4 Å². The summed E-state index contributed by atoms with van der Waals surface area (Å²) in [6.07, 6.45) is 3.24. The summed E-state index contributed by atoms with van der Waals surface area (Å²) in [4.78, 5) is 24.9. The molecule has 4 nitrogen and oxygen atoms in total. The number of carboxylic acid groups (broad SMARTS) is 1. The molecule has 6 heteroatoms. The number of thiophene rings is 1.